The van der Waals surface area contributed by atoms with Crippen molar-refractivity contribution in [3.05, 3.63) is 64.4 Å². The lowest BCUT2D eigenvalue weighted by atomic mass is 10.0. The van der Waals surface area contributed by atoms with E-state index in [1.807, 2.05) is 50.5 Å². The number of rotatable bonds is 3. The van der Waals surface area contributed by atoms with Gasteiger partial charge in [-0.2, -0.15) is 5.10 Å². The van der Waals surface area contributed by atoms with Crippen LogP contribution >= 0.6 is 12.4 Å². The molecule has 2 aromatic carbocycles. The summed E-state index contributed by atoms with van der Waals surface area (Å²) < 4.78 is 0. The Hall–Kier alpha value is -2.17. The zero-order valence-electron chi connectivity index (χ0n) is 12.5. The van der Waals surface area contributed by atoms with E-state index in [-0.39, 0.29) is 18.0 Å². The first-order valence-corrected chi connectivity index (χ1v) is 6.86. The molecule has 3 rings (SSSR count). The van der Waals surface area contributed by atoms with Crippen LogP contribution in [0.15, 0.2) is 53.3 Å². The Balaban J connectivity index is 0.00000176. The van der Waals surface area contributed by atoms with Gasteiger partial charge in [0.2, 0.25) is 0 Å². The Morgan fingerprint density at radius 1 is 1.05 bits per heavy atom. The molecule has 1 heterocycles. The number of aromatic amines is 1. The molecular formula is C17H18ClN3O. The second kappa shape index (κ2) is 6.73. The van der Waals surface area contributed by atoms with Crippen LogP contribution in [0.2, 0.25) is 0 Å². The summed E-state index contributed by atoms with van der Waals surface area (Å²) in [5, 5.41) is 8.38. The molecule has 114 valence electrons. The molecule has 0 aliphatic carbocycles. The number of nitrogens with zero attached hydrogens (tertiary/aromatic N) is 2. The lowest BCUT2D eigenvalue weighted by Crippen LogP contribution is -2.11. The number of halogens is 1. The third-order valence-electron chi connectivity index (χ3n) is 3.40. The molecule has 5 heteroatoms. The van der Waals surface area contributed by atoms with Crippen LogP contribution in [-0.2, 0) is 6.54 Å². The van der Waals surface area contributed by atoms with E-state index < -0.39 is 0 Å². The number of hydrogen-bond acceptors (Lipinski definition) is 3. The minimum Gasteiger partial charge on any atom is -0.305 e. The Morgan fingerprint density at radius 3 is 2.50 bits per heavy atom. The predicted octanol–water partition coefficient (Wildman–Crippen LogP) is 3.07. The minimum absolute atomic E-state index is 0. The van der Waals surface area contributed by atoms with Crippen molar-refractivity contribution in [2.75, 3.05) is 14.1 Å². The summed E-state index contributed by atoms with van der Waals surface area (Å²) in [6, 6.07) is 15.8. The van der Waals surface area contributed by atoms with Crippen molar-refractivity contribution in [1.29, 1.82) is 0 Å². The summed E-state index contributed by atoms with van der Waals surface area (Å²) >= 11 is 0. The van der Waals surface area contributed by atoms with E-state index in [1.54, 1.807) is 0 Å². The third-order valence-corrected chi connectivity index (χ3v) is 3.40. The molecule has 0 bridgehead atoms. The van der Waals surface area contributed by atoms with Crippen LogP contribution in [0.4, 0.5) is 0 Å². The molecule has 0 radical (unpaired) electrons. The maximum Gasteiger partial charge on any atom is 0.272 e. The van der Waals surface area contributed by atoms with Gasteiger partial charge >= 0.3 is 0 Å². The molecule has 1 aromatic heterocycles. The smallest absolute Gasteiger partial charge is 0.272 e. The van der Waals surface area contributed by atoms with Crippen molar-refractivity contribution < 1.29 is 0 Å². The summed E-state index contributed by atoms with van der Waals surface area (Å²) in [6.45, 7) is 0.870. The maximum absolute atomic E-state index is 11.8. The minimum atomic E-state index is -0.154. The average molecular weight is 316 g/mol. The SMILES string of the molecule is CN(C)Cc1cccc(-c2n[nH]c(=O)c3ccccc23)c1.Cl. The molecule has 0 fully saturated rings. The van der Waals surface area contributed by atoms with E-state index in [2.05, 4.69) is 27.2 Å². The molecule has 4 nitrogen and oxygen atoms in total. The fourth-order valence-corrected chi connectivity index (χ4v) is 2.52. The zero-order chi connectivity index (χ0) is 14.8. The number of hydrogen-bond donors (Lipinski definition) is 1. The van der Waals surface area contributed by atoms with Crippen molar-refractivity contribution in [1.82, 2.24) is 15.1 Å². The van der Waals surface area contributed by atoms with Gasteiger partial charge in [-0.05, 0) is 31.8 Å². The van der Waals surface area contributed by atoms with Gasteiger partial charge in [-0.25, -0.2) is 5.10 Å². The first kappa shape index (κ1) is 16.2. The highest BCUT2D eigenvalue weighted by atomic mass is 35.5. The van der Waals surface area contributed by atoms with Crippen LogP contribution in [0, 0.1) is 0 Å². The molecule has 0 saturated heterocycles. The monoisotopic (exact) mass is 315 g/mol. The molecule has 0 amide bonds. The highest BCUT2D eigenvalue weighted by molar-refractivity contribution is 5.93. The van der Waals surface area contributed by atoms with E-state index in [9.17, 15) is 4.79 Å². The molecule has 0 atom stereocenters. The zero-order valence-corrected chi connectivity index (χ0v) is 13.4. The number of aromatic nitrogens is 2. The van der Waals surface area contributed by atoms with Crippen LogP contribution in [0.1, 0.15) is 5.56 Å². The Labute approximate surface area is 135 Å². The molecule has 1 N–H and O–H groups in total. The molecule has 3 aromatic rings. The number of fused-ring (bicyclic) bond motifs is 1. The van der Waals surface area contributed by atoms with Gasteiger partial charge in [-0.1, -0.05) is 36.4 Å². The molecule has 0 saturated carbocycles. The van der Waals surface area contributed by atoms with Crippen molar-refractivity contribution in [2.45, 2.75) is 6.54 Å². The van der Waals surface area contributed by atoms with Crippen molar-refractivity contribution in [3.63, 3.8) is 0 Å². The van der Waals surface area contributed by atoms with Gasteiger partial charge in [0.25, 0.3) is 5.56 Å². The molecule has 0 aliphatic heterocycles. The largest absolute Gasteiger partial charge is 0.305 e. The summed E-state index contributed by atoms with van der Waals surface area (Å²) in [5.41, 5.74) is 2.89. The van der Waals surface area contributed by atoms with Crippen LogP contribution < -0.4 is 5.56 Å². The van der Waals surface area contributed by atoms with Gasteiger partial charge in [-0.3, -0.25) is 4.79 Å². The van der Waals surface area contributed by atoms with Crippen LogP contribution in [0.5, 0.6) is 0 Å². The highest BCUT2D eigenvalue weighted by Gasteiger charge is 2.08. The number of benzene rings is 2. The molecular weight excluding hydrogens is 298 g/mol. The van der Waals surface area contributed by atoms with Gasteiger partial charge in [0.05, 0.1) is 11.1 Å². The topological polar surface area (TPSA) is 49.0 Å². The van der Waals surface area contributed by atoms with Gasteiger partial charge in [0.1, 0.15) is 0 Å². The Kier molecular flexibility index (Phi) is 4.96. The number of H-pyrrole nitrogens is 1. The fraction of sp³-hybridized carbons (Fsp3) is 0.176. The predicted molar refractivity (Wildman–Crippen MR) is 92.4 cm³/mol. The molecule has 0 spiro atoms. The fourth-order valence-electron chi connectivity index (χ4n) is 2.52. The van der Waals surface area contributed by atoms with Gasteiger partial charge in [0.15, 0.2) is 0 Å². The quantitative estimate of drug-likeness (QED) is 0.808. The standard InChI is InChI=1S/C17H17N3O.ClH/c1-20(2)11-12-6-5-7-13(10-12)16-14-8-3-4-9-15(14)17(21)19-18-16;/h3-10H,11H2,1-2H3,(H,19,21);1H. The summed E-state index contributed by atoms with van der Waals surface area (Å²) in [5.74, 6) is 0. The van der Waals surface area contributed by atoms with E-state index >= 15 is 0 Å². The molecule has 0 unspecified atom stereocenters. The first-order valence-electron chi connectivity index (χ1n) is 6.86. The second-order valence-electron chi connectivity index (χ2n) is 5.39. The molecule has 22 heavy (non-hydrogen) atoms. The Bertz CT molecular complexity index is 842. The lowest BCUT2D eigenvalue weighted by molar-refractivity contribution is 0.402. The van der Waals surface area contributed by atoms with Crippen molar-refractivity contribution in [2.24, 2.45) is 0 Å². The maximum atomic E-state index is 11.8. The van der Waals surface area contributed by atoms with Crippen LogP contribution in [0.3, 0.4) is 0 Å². The lowest BCUT2D eigenvalue weighted by Gasteiger charge is -2.11. The molecule has 0 aliphatic rings. The van der Waals surface area contributed by atoms with E-state index in [4.69, 9.17) is 0 Å². The average Bonchev–Trinajstić information content (AvgIpc) is 2.47. The van der Waals surface area contributed by atoms with Crippen LogP contribution in [-0.4, -0.2) is 29.2 Å². The van der Waals surface area contributed by atoms with Crippen LogP contribution in [0.25, 0.3) is 22.0 Å². The third kappa shape index (κ3) is 3.18. The summed E-state index contributed by atoms with van der Waals surface area (Å²) in [7, 11) is 4.08. The van der Waals surface area contributed by atoms with Gasteiger partial charge in [0, 0.05) is 17.5 Å². The van der Waals surface area contributed by atoms with E-state index in [0.717, 1.165) is 23.2 Å². The number of nitrogens with one attached hydrogen (secondary N) is 1. The van der Waals surface area contributed by atoms with Crippen molar-refractivity contribution in [3.8, 4) is 11.3 Å². The summed E-state index contributed by atoms with van der Waals surface area (Å²) in [6.07, 6.45) is 0. The van der Waals surface area contributed by atoms with E-state index in [0.29, 0.717) is 5.39 Å². The first-order chi connectivity index (χ1) is 10.1. The van der Waals surface area contributed by atoms with Crippen molar-refractivity contribution >= 4 is 23.2 Å². The van der Waals surface area contributed by atoms with Gasteiger partial charge in [-0.15, -0.1) is 12.4 Å². The Morgan fingerprint density at radius 2 is 1.77 bits per heavy atom. The highest BCUT2D eigenvalue weighted by Crippen LogP contribution is 2.24. The van der Waals surface area contributed by atoms with E-state index in [1.165, 1.54) is 5.56 Å². The normalized spacial score (nSPS) is 10.7. The second-order valence-corrected chi connectivity index (χ2v) is 5.39. The summed E-state index contributed by atoms with van der Waals surface area (Å²) in [4.78, 5) is 14.0. The van der Waals surface area contributed by atoms with Gasteiger partial charge < -0.3 is 4.90 Å².